The van der Waals surface area contributed by atoms with Gasteiger partial charge in [0.2, 0.25) is 0 Å². The molecule has 0 unspecified atom stereocenters. The highest BCUT2D eigenvalue weighted by Crippen LogP contribution is 2.23. The Morgan fingerprint density at radius 3 is 2.79 bits per heavy atom. The van der Waals surface area contributed by atoms with E-state index in [1.807, 2.05) is 42.0 Å². The zero-order valence-electron chi connectivity index (χ0n) is 15.4. The molecule has 0 bridgehead atoms. The van der Waals surface area contributed by atoms with E-state index in [9.17, 15) is 4.79 Å². The number of carbonyl (C=O) groups excluding carboxylic acids is 1. The Kier molecular flexibility index (Phi) is 6.28. The first-order valence-corrected chi connectivity index (χ1v) is 9.29. The number of hydrogen-bond donors (Lipinski definition) is 2. The summed E-state index contributed by atoms with van der Waals surface area (Å²) in [6, 6.07) is 12.8. The Balaban J connectivity index is 1.71. The summed E-state index contributed by atoms with van der Waals surface area (Å²) in [5.41, 5.74) is 3.00. The number of thiocarbonyl (C=S) groups is 1. The SMILES string of the molecule is COC(=O)c1ccc(Cl)c(NC(=S)NCc2ccccc2-n2ccnc2C)c1. The summed E-state index contributed by atoms with van der Waals surface area (Å²) in [6.45, 7) is 2.46. The van der Waals surface area contributed by atoms with E-state index in [1.165, 1.54) is 7.11 Å². The molecule has 1 aromatic heterocycles. The first kappa shape index (κ1) is 19.9. The molecule has 3 aromatic rings. The molecule has 0 saturated carbocycles. The standard InChI is InChI=1S/C20H19ClN4O2S/c1-13-22-9-10-25(13)18-6-4-3-5-15(18)12-23-20(28)24-17-11-14(19(26)27-2)7-8-16(17)21/h3-11H,12H2,1-2H3,(H2,23,24,28). The lowest BCUT2D eigenvalue weighted by Crippen LogP contribution is -2.28. The molecule has 0 aliphatic rings. The molecule has 6 nitrogen and oxygen atoms in total. The maximum Gasteiger partial charge on any atom is 0.337 e. The quantitative estimate of drug-likeness (QED) is 0.483. The second-order valence-corrected chi connectivity index (χ2v) is 6.78. The Bertz CT molecular complexity index is 1020. The van der Waals surface area contributed by atoms with Gasteiger partial charge in [-0.05, 0) is 49.0 Å². The first-order valence-electron chi connectivity index (χ1n) is 8.50. The second kappa shape index (κ2) is 8.86. The van der Waals surface area contributed by atoms with E-state index in [0.717, 1.165) is 17.1 Å². The van der Waals surface area contributed by atoms with Gasteiger partial charge >= 0.3 is 5.97 Å². The van der Waals surface area contributed by atoms with Crippen molar-refractivity contribution in [1.82, 2.24) is 14.9 Å². The van der Waals surface area contributed by atoms with Gasteiger partial charge < -0.3 is 19.9 Å². The number of nitrogens with one attached hydrogen (secondary N) is 2. The van der Waals surface area contributed by atoms with Crippen molar-refractivity contribution in [2.45, 2.75) is 13.5 Å². The molecule has 28 heavy (non-hydrogen) atoms. The molecule has 8 heteroatoms. The van der Waals surface area contributed by atoms with E-state index in [1.54, 1.807) is 24.4 Å². The number of para-hydroxylation sites is 1. The third-order valence-corrected chi connectivity index (χ3v) is 4.73. The number of halogens is 1. The number of rotatable bonds is 5. The summed E-state index contributed by atoms with van der Waals surface area (Å²) in [7, 11) is 1.33. The molecule has 0 spiro atoms. The van der Waals surface area contributed by atoms with Crippen molar-refractivity contribution in [3.63, 3.8) is 0 Å². The molecular weight excluding hydrogens is 396 g/mol. The zero-order chi connectivity index (χ0) is 20.1. The summed E-state index contributed by atoms with van der Waals surface area (Å²) in [5.74, 6) is 0.461. The van der Waals surface area contributed by atoms with Gasteiger partial charge in [0.05, 0.1) is 29.1 Å². The van der Waals surface area contributed by atoms with Gasteiger partial charge in [0, 0.05) is 18.9 Å². The van der Waals surface area contributed by atoms with E-state index < -0.39 is 5.97 Å². The molecule has 0 saturated heterocycles. The van der Waals surface area contributed by atoms with Crippen LogP contribution in [0.5, 0.6) is 0 Å². The predicted octanol–water partition coefficient (Wildman–Crippen LogP) is 4.11. The number of esters is 1. The minimum Gasteiger partial charge on any atom is -0.465 e. The average Bonchev–Trinajstić information content (AvgIpc) is 3.13. The highest BCUT2D eigenvalue weighted by atomic mass is 35.5. The number of hydrogen-bond acceptors (Lipinski definition) is 4. The Hall–Kier alpha value is -2.90. The minimum atomic E-state index is -0.441. The van der Waals surface area contributed by atoms with E-state index in [-0.39, 0.29) is 0 Å². The zero-order valence-corrected chi connectivity index (χ0v) is 17.0. The van der Waals surface area contributed by atoms with Crippen molar-refractivity contribution >= 4 is 40.6 Å². The number of methoxy groups -OCH3 is 1. The summed E-state index contributed by atoms with van der Waals surface area (Å²) >= 11 is 11.6. The van der Waals surface area contributed by atoms with E-state index in [0.29, 0.717) is 27.9 Å². The molecule has 0 amide bonds. The van der Waals surface area contributed by atoms with Gasteiger partial charge in [0.25, 0.3) is 0 Å². The number of aryl methyl sites for hydroxylation is 1. The van der Waals surface area contributed by atoms with E-state index >= 15 is 0 Å². The van der Waals surface area contributed by atoms with Crippen LogP contribution in [0.3, 0.4) is 0 Å². The van der Waals surface area contributed by atoms with Crippen molar-refractivity contribution in [3.05, 3.63) is 76.8 Å². The van der Waals surface area contributed by atoms with Crippen LogP contribution in [0, 0.1) is 6.92 Å². The summed E-state index contributed by atoms with van der Waals surface area (Å²) < 4.78 is 6.75. The third-order valence-electron chi connectivity index (χ3n) is 4.15. The molecule has 0 radical (unpaired) electrons. The fraction of sp³-hybridized carbons (Fsp3) is 0.150. The number of nitrogens with zero attached hydrogens (tertiary/aromatic N) is 2. The van der Waals surface area contributed by atoms with Gasteiger partial charge in [-0.25, -0.2) is 9.78 Å². The monoisotopic (exact) mass is 414 g/mol. The maximum absolute atomic E-state index is 11.7. The molecule has 0 aliphatic carbocycles. The fourth-order valence-corrected chi connectivity index (χ4v) is 3.08. The normalized spacial score (nSPS) is 10.4. The van der Waals surface area contributed by atoms with Gasteiger partial charge in [-0.3, -0.25) is 0 Å². The minimum absolute atomic E-state index is 0.387. The first-order chi connectivity index (χ1) is 13.5. The molecule has 3 rings (SSSR count). The molecule has 2 aromatic carbocycles. The lowest BCUT2D eigenvalue weighted by molar-refractivity contribution is 0.0601. The second-order valence-electron chi connectivity index (χ2n) is 5.97. The molecule has 0 atom stereocenters. The lowest BCUT2D eigenvalue weighted by atomic mass is 10.1. The van der Waals surface area contributed by atoms with Crippen LogP contribution in [0.2, 0.25) is 5.02 Å². The summed E-state index contributed by atoms with van der Waals surface area (Å²) in [5, 5.41) is 7.04. The van der Waals surface area contributed by atoms with Gasteiger partial charge in [-0.2, -0.15) is 0 Å². The number of aromatic nitrogens is 2. The van der Waals surface area contributed by atoms with Crippen molar-refractivity contribution in [2.24, 2.45) is 0 Å². The number of benzene rings is 2. The predicted molar refractivity (Wildman–Crippen MR) is 114 cm³/mol. The number of carbonyl (C=O) groups is 1. The molecular formula is C20H19ClN4O2S. The van der Waals surface area contributed by atoms with E-state index in [2.05, 4.69) is 15.6 Å². The van der Waals surface area contributed by atoms with Crippen molar-refractivity contribution in [1.29, 1.82) is 0 Å². The molecule has 144 valence electrons. The maximum atomic E-state index is 11.7. The van der Waals surface area contributed by atoms with Crippen LogP contribution < -0.4 is 10.6 Å². The Labute approximate surface area is 173 Å². The van der Waals surface area contributed by atoms with Crippen LogP contribution in [0.1, 0.15) is 21.7 Å². The van der Waals surface area contributed by atoms with Gasteiger partial charge in [0.15, 0.2) is 5.11 Å². The smallest absolute Gasteiger partial charge is 0.337 e. The molecule has 0 fully saturated rings. The average molecular weight is 415 g/mol. The van der Waals surface area contributed by atoms with Crippen LogP contribution in [-0.2, 0) is 11.3 Å². The Morgan fingerprint density at radius 2 is 2.07 bits per heavy atom. The van der Waals surface area contributed by atoms with Crippen LogP contribution in [0.25, 0.3) is 5.69 Å². The highest BCUT2D eigenvalue weighted by molar-refractivity contribution is 7.80. The molecule has 2 N–H and O–H groups in total. The number of anilines is 1. The lowest BCUT2D eigenvalue weighted by Gasteiger charge is -2.15. The van der Waals surface area contributed by atoms with Gasteiger partial charge in [0.1, 0.15) is 5.82 Å². The van der Waals surface area contributed by atoms with Gasteiger partial charge in [-0.15, -0.1) is 0 Å². The summed E-state index contributed by atoms with van der Waals surface area (Å²) in [6.07, 6.45) is 3.69. The number of ether oxygens (including phenoxy) is 1. The van der Waals surface area contributed by atoms with E-state index in [4.69, 9.17) is 28.6 Å². The van der Waals surface area contributed by atoms with Crippen molar-refractivity contribution in [3.8, 4) is 5.69 Å². The van der Waals surface area contributed by atoms with Crippen LogP contribution in [-0.4, -0.2) is 27.7 Å². The topological polar surface area (TPSA) is 68.2 Å². The highest BCUT2D eigenvalue weighted by Gasteiger charge is 2.11. The van der Waals surface area contributed by atoms with Crippen LogP contribution in [0.15, 0.2) is 54.9 Å². The largest absolute Gasteiger partial charge is 0.465 e. The van der Waals surface area contributed by atoms with Gasteiger partial charge in [-0.1, -0.05) is 29.8 Å². The van der Waals surface area contributed by atoms with Crippen LogP contribution >= 0.6 is 23.8 Å². The molecule has 0 aliphatic heterocycles. The molecule has 1 heterocycles. The third kappa shape index (κ3) is 4.49. The fourth-order valence-electron chi connectivity index (χ4n) is 2.74. The number of imidazole rings is 1. The summed E-state index contributed by atoms with van der Waals surface area (Å²) in [4.78, 5) is 16.0. The van der Waals surface area contributed by atoms with Crippen LogP contribution in [0.4, 0.5) is 5.69 Å². The van der Waals surface area contributed by atoms with Crippen molar-refractivity contribution < 1.29 is 9.53 Å². The van der Waals surface area contributed by atoms with Crippen molar-refractivity contribution in [2.75, 3.05) is 12.4 Å². The Morgan fingerprint density at radius 1 is 1.29 bits per heavy atom.